The lowest BCUT2D eigenvalue weighted by Crippen LogP contribution is -2.05. The number of rotatable bonds is 3. The average Bonchev–Trinajstić information content (AvgIpc) is 2.90. The Morgan fingerprint density at radius 3 is 2.90 bits per heavy atom. The fourth-order valence-corrected chi connectivity index (χ4v) is 3.10. The van der Waals surface area contributed by atoms with Crippen LogP contribution in [0.2, 0.25) is 0 Å². The molecule has 3 aromatic rings. The highest BCUT2D eigenvalue weighted by Crippen LogP contribution is 2.25. The van der Waals surface area contributed by atoms with E-state index in [1.54, 1.807) is 6.07 Å². The minimum absolute atomic E-state index is 0.0874. The van der Waals surface area contributed by atoms with Gasteiger partial charge >= 0.3 is 5.97 Å². The highest BCUT2D eigenvalue weighted by atomic mass is 79.9. The second kappa shape index (κ2) is 5.83. The van der Waals surface area contributed by atoms with Crippen molar-refractivity contribution in [3.05, 3.63) is 57.5 Å². The van der Waals surface area contributed by atoms with E-state index in [0.29, 0.717) is 4.47 Å². The van der Waals surface area contributed by atoms with Crippen molar-refractivity contribution in [2.45, 2.75) is 6.61 Å². The number of halogens is 1. The van der Waals surface area contributed by atoms with Gasteiger partial charge in [0.2, 0.25) is 0 Å². The molecule has 0 amide bonds. The number of aromatic nitrogens is 1. The quantitative estimate of drug-likeness (QED) is 0.711. The standard InChI is InChI=1S/C15H10BrNO3S/c16-9-5-6-12(18)10(7-9)15(19)20-8-14-17-11-3-1-2-4-13(11)21-14/h1-7,18H,8H2. The lowest BCUT2D eigenvalue weighted by Gasteiger charge is -2.05. The summed E-state index contributed by atoms with van der Waals surface area (Å²) in [5.41, 5.74) is 1.02. The van der Waals surface area contributed by atoms with Crippen molar-refractivity contribution >= 4 is 43.5 Å². The molecular formula is C15H10BrNO3S. The molecule has 0 aliphatic heterocycles. The monoisotopic (exact) mass is 363 g/mol. The molecule has 0 fully saturated rings. The second-order valence-corrected chi connectivity index (χ2v) is 6.34. The Morgan fingerprint density at radius 1 is 1.29 bits per heavy atom. The molecule has 0 aliphatic rings. The molecule has 106 valence electrons. The number of hydrogen-bond donors (Lipinski definition) is 1. The normalized spacial score (nSPS) is 10.7. The van der Waals surface area contributed by atoms with E-state index < -0.39 is 5.97 Å². The first-order valence-electron chi connectivity index (χ1n) is 6.13. The molecule has 0 saturated carbocycles. The Balaban J connectivity index is 1.74. The number of esters is 1. The van der Waals surface area contributed by atoms with Crippen molar-refractivity contribution in [3.63, 3.8) is 0 Å². The van der Waals surface area contributed by atoms with Crippen LogP contribution < -0.4 is 0 Å². The van der Waals surface area contributed by atoms with Crippen molar-refractivity contribution in [1.29, 1.82) is 0 Å². The highest BCUT2D eigenvalue weighted by Gasteiger charge is 2.14. The third kappa shape index (κ3) is 3.06. The van der Waals surface area contributed by atoms with Crippen molar-refractivity contribution in [2.75, 3.05) is 0 Å². The first-order valence-corrected chi connectivity index (χ1v) is 7.74. The van der Waals surface area contributed by atoms with Gasteiger partial charge < -0.3 is 9.84 Å². The Morgan fingerprint density at radius 2 is 2.10 bits per heavy atom. The number of phenolic OH excluding ortho intramolecular Hbond substituents is 1. The summed E-state index contributed by atoms with van der Waals surface area (Å²) in [6.07, 6.45) is 0. The molecule has 0 bridgehead atoms. The number of fused-ring (bicyclic) bond motifs is 1. The molecule has 0 saturated heterocycles. The van der Waals surface area contributed by atoms with Crippen LogP contribution in [0.15, 0.2) is 46.9 Å². The largest absolute Gasteiger partial charge is 0.507 e. The number of phenols is 1. The van der Waals surface area contributed by atoms with Crippen LogP contribution >= 0.6 is 27.3 Å². The van der Waals surface area contributed by atoms with E-state index in [4.69, 9.17) is 4.74 Å². The fraction of sp³-hybridized carbons (Fsp3) is 0.0667. The molecule has 2 aromatic carbocycles. The number of para-hydroxylation sites is 1. The summed E-state index contributed by atoms with van der Waals surface area (Å²) in [5, 5.41) is 10.4. The summed E-state index contributed by atoms with van der Waals surface area (Å²) in [6, 6.07) is 12.4. The number of ether oxygens (including phenoxy) is 1. The van der Waals surface area contributed by atoms with Gasteiger partial charge in [-0.05, 0) is 30.3 Å². The number of carbonyl (C=O) groups is 1. The van der Waals surface area contributed by atoms with Gasteiger partial charge in [-0.2, -0.15) is 0 Å². The zero-order valence-corrected chi connectivity index (χ0v) is 13.1. The number of aromatic hydroxyl groups is 1. The molecule has 0 spiro atoms. The van der Waals surface area contributed by atoms with Crippen LogP contribution in [0.1, 0.15) is 15.4 Å². The smallest absolute Gasteiger partial charge is 0.342 e. The number of hydrogen-bond acceptors (Lipinski definition) is 5. The van der Waals surface area contributed by atoms with E-state index >= 15 is 0 Å². The molecule has 1 N–H and O–H groups in total. The summed E-state index contributed by atoms with van der Waals surface area (Å²) in [4.78, 5) is 16.4. The SMILES string of the molecule is O=C(OCc1nc2ccccc2s1)c1cc(Br)ccc1O. The topological polar surface area (TPSA) is 59.4 Å². The van der Waals surface area contributed by atoms with Crippen LogP contribution in [0.5, 0.6) is 5.75 Å². The van der Waals surface area contributed by atoms with Crippen LogP contribution in [0.4, 0.5) is 0 Å². The first-order chi connectivity index (χ1) is 10.1. The van der Waals surface area contributed by atoms with Crippen LogP contribution in [-0.4, -0.2) is 16.1 Å². The Kier molecular flexibility index (Phi) is 3.90. The molecule has 6 heteroatoms. The number of nitrogens with zero attached hydrogens (tertiary/aromatic N) is 1. The van der Waals surface area contributed by atoms with Gasteiger partial charge in [-0.25, -0.2) is 9.78 Å². The summed E-state index contributed by atoms with van der Waals surface area (Å²) in [6.45, 7) is 0.0874. The van der Waals surface area contributed by atoms with Gasteiger partial charge in [0.1, 0.15) is 22.9 Å². The van der Waals surface area contributed by atoms with Crippen molar-refractivity contribution in [3.8, 4) is 5.75 Å². The molecular weight excluding hydrogens is 354 g/mol. The predicted molar refractivity (Wildman–Crippen MR) is 84.5 cm³/mol. The Labute approximate surface area is 133 Å². The first kappa shape index (κ1) is 14.0. The molecule has 0 unspecified atom stereocenters. The third-order valence-electron chi connectivity index (χ3n) is 2.84. The van der Waals surface area contributed by atoms with Crippen LogP contribution in [0.25, 0.3) is 10.2 Å². The Bertz CT molecular complexity index is 783. The van der Waals surface area contributed by atoms with Gasteiger partial charge in [-0.1, -0.05) is 28.1 Å². The lowest BCUT2D eigenvalue weighted by atomic mass is 10.2. The predicted octanol–water partition coefficient (Wildman–Crippen LogP) is 4.12. The number of benzene rings is 2. The lowest BCUT2D eigenvalue weighted by molar-refractivity contribution is 0.0469. The maximum absolute atomic E-state index is 12.0. The maximum Gasteiger partial charge on any atom is 0.342 e. The molecule has 1 aromatic heterocycles. The third-order valence-corrected chi connectivity index (χ3v) is 4.35. The van der Waals surface area contributed by atoms with E-state index in [0.717, 1.165) is 15.2 Å². The fourth-order valence-electron chi connectivity index (χ4n) is 1.86. The molecule has 0 radical (unpaired) electrons. The van der Waals surface area contributed by atoms with Gasteiger partial charge in [0.25, 0.3) is 0 Å². The van der Waals surface area contributed by atoms with E-state index in [9.17, 15) is 9.90 Å². The zero-order chi connectivity index (χ0) is 14.8. The van der Waals surface area contributed by atoms with E-state index in [-0.39, 0.29) is 17.9 Å². The number of thiazole rings is 1. The summed E-state index contributed by atoms with van der Waals surface area (Å²) in [5.74, 6) is -0.680. The summed E-state index contributed by atoms with van der Waals surface area (Å²) in [7, 11) is 0. The van der Waals surface area contributed by atoms with Crippen molar-refractivity contribution in [2.24, 2.45) is 0 Å². The van der Waals surface area contributed by atoms with E-state index in [2.05, 4.69) is 20.9 Å². The van der Waals surface area contributed by atoms with Crippen LogP contribution in [0, 0.1) is 0 Å². The molecule has 0 atom stereocenters. The molecule has 1 heterocycles. The van der Waals surface area contributed by atoms with Gasteiger partial charge in [0, 0.05) is 4.47 Å². The van der Waals surface area contributed by atoms with Gasteiger partial charge in [-0.3, -0.25) is 0 Å². The minimum atomic E-state index is -0.576. The average molecular weight is 364 g/mol. The summed E-state index contributed by atoms with van der Waals surface area (Å²) >= 11 is 4.74. The Hall–Kier alpha value is -1.92. The van der Waals surface area contributed by atoms with Crippen molar-refractivity contribution in [1.82, 2.24) is 4.98 Å². The number of carbonyl (C=O) groups excluding carboxylic acids is 1. The van der Waals surface area contributed by atoms with Crippen LogP contribution in [-0.2, 0) is 11.3 Å². The van der Waals surface area contributed by atoms with Gasteiger partial charge in [-0.15, -0.1) is 11.3 Å². The van der Waals surface area contributed by atoms with E-state index in [1.165, 1.54) is 23.5 Å². The molecule has 4 nitrogen and oxygen atoms in total. The molecule has 3 rings (SSSR count). The zero-order valence-electron chi connectivity index (χ0n) is 10.7. The maximum atomic E-state index is 12.0. The summed E-state index contributed by atoms with van der Waals surface area (Å²) < 4.78 is 6.96. The molecule has 21 heavy (non-hydrogen) atoms. The minimum Gasteiger partial charge on any atom is -0.507 e. The van der Waals surface area contributed by atoms with Crippen LogP contribution in [0.3, 0.4) is 0 Å². The highest BCUT2D eigenvalue weighted by molar-refractivity contribution is 9.10. The van der Waals surface area contributed by atoms with E-state index in [1.807, 2.05) is 24.3 Å². The van der Waals surface area contributed by atoms with Gasteiger partial charge in [0.05, 0.1) is 10.2 Å². The van der Waals surface area contributed by atoms with Crippen molar-refractivity contribution < 1.29 is 14.6 Å². The second-order valence-electron chi connectivity index (χ2n) is 4.31. The van der Waals surface area contributed by atoms with Gasteiger partial charge in [0.15, 0.2) is 0 Å². The molecule has 0 aliphatic carbocycles.